The molecule has 1 N–H and O–H groups in total. The molecular formula is C15H9FN2. The zero-order valence-electron chi connectivity index (χ0n) is 9.44. The summed E-state index contributed by atoms with van der Waals surface area (Å²) in [6, 6.07) is 13.3. The van der Waals surface area contributed by atoms with E-state index >= 15 is 0 Å². The largest absolute Gasteiger partial charge is 0.353 e. The van der Waals surface area contributed by atoms with E-state index in [0.29, 0.717) is 16.9 Å². The highest BCUT2D eigenvalue weighted by Crippen LogP contribution is 2.21. The summed E-state index contributed by atoms with van der Waals surface area (Å²) < 4.78 is 13.7. The second kappa shape index (κ2) is 5.03. The number of nitrogens with one attached hydrogen (secondary N) is 1. The van der Waals surface area contributed by atoms with E-state index in [1.807, 2.05) is 6.07 Å². The fourth-order valence-corrected chi connectivity index (χ4v) is 1.53. The Hall–Kier alpha value is -2.78. The molecule has 0 saturated carbocycles. The van der Waals surface area contributed by atoms with Crippen LogP contribution < -0.4 is 5.32 Å². The summed E-state index contributed by atoms with van der Waals surface area (Å²) >= 11 is 0. The second-order valence-electron chi connectivity index (χ2n) is 3.66. The lowest BCUT2D eigenvalue weighted by molar-refractivity contribution is 0.631. The van der Waals surface area contributed by atoms with Crippen LogP contribution in [0, 0.1) is 29.5 Å². The highest BCUT2D eigenvalue weighted by atomic mass is 19.1. The molecule has 2 aromatic rings. The van der Waals surface area contributed by atoms with Gasteiger partial charge in [-0.05, 0) is 36.4 Å². The van der Waals surface area contributed by atoms with Crippen molar-refractivity contribution in [3.05, 3.63) is 59.4 Å². The minimum absolute atomic E-state index is 0.287. The molecule has 0 saturated heterocycles. The van der Waals surface area contributed by atoms with Crippen LogP contribution in [0.4, 0.5) is 15.8 Å². The predicted octanol–water partition coefficient (Wildman–Crippen LogP) is 3.42. The van der Waals surface area contributed by atoms with Crippen molar-refractivity contribution in [3.8, 4) is 18.4 Å². The highest BCUT2D eigenvalue weighted by Gasteiger charge is 2.04. The Morgan fingerprint density at radius 2 is 1.94 bits per heavy atom. The molecule has 0 aliphatic rings. The third-order valence-electron chi connectivity index (χ3n) is 2.41. The van der Waals surface area contributed by atoms with E-state index in [1.54, 1.807) is 30.3 Å². The number of nitriles is 1. The quantitative estimate of drug-likeness (QED) is 0.811. The molecule has 0 unspecified atom stereocenters. The van der Waals surface area contributed by atoms with Crippen LogP contribution in [-0.2, 0) is 0 Å². The van der Waals surface area contributed by atoms with Crippen molar-refractivity contribution in [3.63, 3.8) is 0 Å². The van der Waals surface area contributed by atoms with Gasteiger partial charge in [0.2, 0.25) is 0 Å². The first kappa shape index (κ1) is 11.7. The van der Waals surface area contributed by atoms with Gasteiger partial charge < -0.3 is 5.32 Å². The average Bonchev–Trinajstić information content (AvgIpc) is 2.41. The van der Waals surface area contributed by atoms with E-state index in [2.05, 4.69) is 11.2 Å². The fraction of sp³-hybridized carbons (Fsp3) is 0. The van der Waals surface area contributed by atoms with Crippen LogP contribution in [0.2, 0.25) is 0 Å². The number of anilines is 2. The number of rotatable bonds is 2. The van der Waals surface area contributed by atoms with Gasteiger partial charge in [0.25, 0.3) is 0 Å². The average molecular weight is 236 g/mol. The molecule has 2 nitrogen and oxygen atoms in total. The first-order valence-electron chi connectivity index (χ1n) is 5.26. The van der Waals surface area contributed by atoms with E-state index in [9.17, 15) is 4.39 Å². The van der Waals surface area contributed by atoms with Crippen molar-refractivity contribution in [2.24, 2.45) is 0 Å². The predicted molar refractivity (Wildman–Crippen MR) is 68.8 cm³/mol. The second-order valence-corrected chi connectivity index (χ2v) is 3.66. The Morgan fingerprint density at radius 3 is 2.61 bits per heavy atom. The molecule has 0 atom stereocenters. The van der Waals surface area contributed by atoms with Crippen molar-refractivity contribution in [1.82, 2.24) is 0 Å². The van der Waals surface area contributed by atoms with Gasteiger partial charge in [-0.2, -0.15) is 5.26 Å². The van der Waals surface area contributed by atoms with E-state index in [4.69, 9.17) is 11.7 Å². The molecule has 0 aliphatic carbocycles. The van der Waals surface area contributed by atoms with Crippen LogP contribution >= 0.6 is 0 Å². The van der Waals surface area contributed by atoms with Gasteiger partial charge >= 0.3 is 0 Å². The van der Waals surface area contributed by atoms with Crippen LogP contribution in [0.15, 0.2) is 42.5 Å². The maximum absolute atomic E-state index is 13.7. The third-order valence-corrected chi connectivity index (χ3v) is 2.41. The first-order chi connectivity index (χ1) is 8.72. The lowest BCUT2D eigenvalue weighted by atomic mass is 10.2. The van der Waals surface area contributed by atoms with Gasteiger partial charge in [-0.15, -0.1) is 6.42 Å². The molecule has 0 spiro atoms. The fourth-order valence-electron chi connectivity index (χ4n) is 1.53. The number of hydrogen-bond acceptors (Lipinski definition) is 2. The lowest BCUT2D eigenvalue weighted by Crippen LogP contribution is -1.94. The Labute approximate surface area is 105 Å². The standard InChI is InChI=1S/C15H9FN2/c1-2-11-4-3-5-13(8-11)18-15-7-6-12(10-17)9-14(15)16/h1,3-9,18H. The Balaban J connectivity index is 2.29. The summed E-state index contributed by atoms with van der Waals surface area (Å²) in [5.41, 5.74) is 2.02. The summed E-state index contributed by atoms with van der Waals surface area (Å²) in [5, 5.41) is 11.6. The zero-order chi connectivity index (χ0) is 13.0. The summed E-state index contributed by atoms with van der Waals surface area (Å²) in [6.07, 6.45) is 5.29. The molecule has 0 amide bonds. The van der Waals surface area contributed by atoms with Crippen LogP contribution in [0.5, 0.6) is 0 Å². The lowest BCUT2D eigenvalue weighted by Gasteiger charge is -2.08. The molecule has 0 fully saturated rings. The molecule has 2 aromatic carbocycles. The Kier molecular flexibility index (Phi) is 3.27. The van der Waals surface area contributed by atoms with Crippen molar-refractivity contribution in [1.29, 1.82) is 5.26 Å². The molecule has 3 heteroatoms. The Bertz CT molecular complexity index is 663. The topological polar surface area (TPSA) is 35.8 Å². The van der Waals surface area contributed by atoms with Crippen molar-refractivity contribution in [2.45, 2.75) is 0 Å². The smallest absolute Gasteiger partial charge is 0.147 e. The monoisotopic (exact) mass is 236 g/mol. The van der Waals surface area contributed by atoms with E-state index in [1.165, 1.54) is 12.1 Å². The van der Waals surface area contributed by atoms with E-state index < -0.39 is 5.82 Å². The normalized spacial score (nSPS) is 9.28. The van der Waals surface area contributed by atoms with Gasteiger partial charge in [0, 0.05) is 11.3 Å². The van der Waals surface area contributed by atoms with Crippen molar-refractivity contribution < 1.29 is 4.39 Å². The number of benzene rings is 2. The highest BCUT2D eigenvalue weighted by molar-refractivity contribution is 5.62. The molecule has 0 aliphatic heterocycles. The molecule has 2 rings (SSSR count). The number of nitrogens with zero attached hydrogens (tertiary/aromatic N) is 1. The van der Waals surface area contributed by atoms with Gasteiger partial charge in [0.15, 0.2) is 0 Å². The minimum Gasteiger partial charge on any atom is -0.353 e. The van der Waals surface area contributed by atoms with E-state index in [0.717, 1.165) is 0 Å². The number of halogens is 1. The summed E-state index contributed by atoms with van der Waals surface area (Å²) in [5.74, 6) is 2.04. The molecule has 0 aromatic heterocycles. The van der Waals surface area contributed by atoms with Crippen LogP contribution in [0.3, 0.4) is 0 Å². The van der Waals surface area contributed by atoms with E-state index in [-0.39, 0.29) is 5.56 Å². The van der Waals surface area contributed by atoms with Gasteiger partial charge in [0.05, 0.1) is 17.3 Å². The number of terminal acetylenes is 1. The maximum Gasteiger partial charge on any atom is 0.147 e. The molecular weight excluding hydrogens is 227 g/mol. The third kappa shape index (κ3) is 2.48. The summed E-state index contributed by atoms with van der Waals surface area (Å²) in [6.45, 7) is 0. The van der Waals surface area contributed by atoms with Gasteiger partial charge in [-0.25, -0.2) is 4.39 Å². The maximum atomic E-state index is 13.7. The van der Waals surface area contributed by atoms with Gasteiger partial charge in [-0.3, -0.25) is 0 Å². The Morgan fingerprint density at radius 1 is 1.11 bits per heavy atom. The molecule has 0 bridgehead atoms. The summed E-state index contributed by atoms with van der Waals surface area (Å²) in [7, 11) is 0. The molecule has 18 heavy (non-hydrogen) atoms. The van der Waals surface area contributed by atoms with Crippen molar-refractivity contribution in [2.75, 3.05) is 5.32 Å². The van der Waals surface area contributed by atoms with Gasteiger partial charge in [-0.1, -0.05) is 12.0 Å². The first-order valence-corrected chi connectivity index (χ1v) is 5.26. The molecule has 0 heterocycles. The van der Waals surface area contributed by atoms with Crippen LogP contribution in [-0.4, -0.2) is 0 Å². The van der Waals surface area contributed by atoms with Crippen molar-refractivity contribution >= 4 is 11.4 Å². The summed E-state index contributed by atoms with van der Waals surface area (Å²) in [4.78, 5) is 0. The van der Waals surface area contributed by atoms with Crippen LogP contribution in [0.25, 0.3) is 0 Å². The molecule has 0 radical (unpaired) electrons. The zero-order valence-corrected chi connectivity index (χ0v) is 9.44. The molecule has 86 valence electrons. The number of hydrogen-bond donors (Lipinski definition) is 1. The van der Waals surface area contributed by atoms with Gasteiger partial charge in [0.1, 0.15) is 5.82 Å². The minimum atomic E-state index is -0.472. The van der Waals surface area contributed by atoms with Crippen LogP contribution in [0.1, 0.15) is 11.1 Å². The SMILES string of the molecule is C#Cc1cccc(Nc2ccc(C#N)cc2F)c1.